The number of nitrogens with one attached hydrogen (secondary N) is 2. The van der Waals surface area contributed by atoms with Crippen LogP contribution in [0.15, 0.2) is 24.3 Å². The van der Waals surface area contributed by atoms with Crippen molar-refractivity contribution in [3.05, 3.63) is 24.3 Å². The number of hydrogen-bond acceptors (Lipinski definition) is 6. The van der Waals surface area contributed by atoms with Crippen LogP contribution in [0.1, 0.15) is 19.8 Å². The predicted octanol–water partition coefficient (Wildman–Crippen LogP) is 0.746. The Kier molecular flexibility index (Phi) is 6.29. The monoisotopic (exact) mass is 370 g/mol. The zero-order valence-corrected chi connectivity index (χ0v) is 15.7. The molecule has 2 N–H and O–H groups in total. The molecule has 1 atom stereocenters. The van der Waals surface area contributed by atoms with Crippen molar-refractivity contribution in [2.45, 2.75) is 30.6 Å². The van der Waals surface area contributed by atoms with Crippen LogP contribution in [0, 0.1) is 0 Å². The average molecular weight is 370 g/mol. The Morgan fingerprint density at radius 2 is 1.80 bits per heavy atom. The van der Waals surface area contributed by atoms with E-state index in [0.29, 0.717) is 18.8 Å². The molecule has 1 heterocycles. The first-order chi connectivity index (χ1) is 11.8. The molecule has 25 heavy (non-hydrogen) atoms. The van der Waals surface area contributed by atoms with Gasteiger partial charge in [0.15, 0.2) is 14.6 Å². The summed E-state index contributed by atoms with van der Waals surface area (Å²) >= 11 is 0. The van der Waals surface area contributed by atoms with Crippen molar-refractivity contribution < 1.29 is 22.7 Å². The van der Waals surface area contributed by atoms with Gasteiger partial charge in [-0.1, -0.05) is 0 Å². The van der Waals surface area contributed by atoms with E-state index in [-0.39, 0.29) is 25.5 Å². The van der Waals surface area contributed by atoms with Crippen LogP contribution in [-0.2, 0) is 14.6 Å². The van der Waals surface area contributed by atoms with Crippen molar-refractivity contribution >= 4 is 15.7 Å². The van der Waals surface area contributed by atoms with E-state index >= 15 is 0 Å². The van der Waals surface area contributed by atoms with Crippen molar-refractivity contribution in [3.63, 3.8) is 0 Å². The molecule has 1 saturated heterocycles. The Morgan fingerprint density at radius 3 is 2.32 bits per heavy atom. The van der Waals surface area contributed by atoms with Crippen LogP contribution >= 0.6 is 0 Å². The van der Waals surface area contributed by atoms with Gasteiger partial charge in [-0.05, 0) is 57.1 Å². The lowest BCUT2D eigenvalue weighted by molar-refractivity contribution is -0.124. The Balaban J connectivity index is 1.95. The summed E-state index contributed by atoms with van der Waals surface area (Å²) in [6, 6.07) is 7.13. The highest BCUT2D eigenvalue weighted by Crippen LogP contribution is 2.28. The fourth-order valence-electron chi connectivity index (χ4n) is 2.92. The van der Waals surface area contributed by atoms with Crippen molar-refractivity contribution in [2.75, 3.05) is 33.0 Å². The molecule has 2 rings (SSSR count). The lowest BCUT2D eigenvalue weighted by atomic mass is 9.96. The molecule has 1 amide bonds. The van der Waals surface area contributed by atoms with E-state index in [1.165, 1.54) is 0 Å². The number of carbonyl (C=O) groups excluding carboxylic acids is 1. The fourth-order valence-corrected chi connectivity index (χ4v) is 4.28. The van der Waals surface area contributed by atoms with Crippen molar-refractivity contribution in [1.82, 2.24) is 10.6 Å². The third-order valence-electron chi connectivity index (χ3n) is 4.48. The summed E-state index contributed by atoms with van der Waals surface area (Å²) in [5.41, 5.74) is 0. The number of benzene rings is 1. The smallest absolute Gasteiger partial charge is 0.241 e. The predicted molar refractivity (Wildman–Crippen MR) is 95.8 cm³/mol. The van der Waals surface area contributed by atoms with Gasteiger partial charge < -0.3 is 20.1 Å². The number of ether oxygens (including phenoxy) is 2. The van der Waals surface area contributed by atoms with Crippen molar-refractivity contribution in [3.8, 4) is 11.5 Å². The summed E-state index contributed by atoms with van der Waals surface area (Å²) in [6.45, 7) is 3.08. The Morgan fingerprint density at radius 1 is 1.24 bits per heavy atom. The molecule has 0 spiro atoms. The molecular formula is C17H26N2O5S. The molecular weight excluding hydrogens is 344 g/mol. The SMILES string of the molecule is COc1ccc(OC(C)CNC(=O)C2(S(C)(=O)=O)CCNCC2)cc1. The van der Waals surface area contributed by atoms with Gasteiger partial charge >= 0.3 is 0 Å². The van der Waals surface area contributed by atoms with Gasteiger partial charge in [0.1, 0.15) is 17.6 Å². The average Bonchev–Trinajstić information content (AvgIpc) is 2.60. The Hall–Kier alpha value is -1.80. The van der Waals surface area contributed by atoms with Gasteiger partial charge in [-0.2, -0.15) is 0 Å². The maximum atomic E-state index is 12.6. The molecule has 1 aliphatic rings. The summed E-state index contributed by atoms with van der Waals surface area (Å²) in [4.78, 5) is 12.6. The number of piperidine rings is 1. The molecule has 140 valence electrons. The molecule has 1 aromatic rings. The van der Waals surface area contributed by atoms with Crippen LogP contribution in [0.5, 0.6) is 11.5 Å². The summed E-state index contributed by atoms with van der Waals surface area (Å²) in [5, 5.41) is 5.84. The third kappa shape index (κ3) is 4.64. The summed E-state index contributed by atoms with van der Waals surface area (Å²) in [7, 11) is -1.92. The molecule has 0 aliphatic carbocycles. The minimum atomic E-state index is -3.51. The van der Waals surface area contributed by atoms with E-state index in [2.05, 4.69) is 10.6 Å². The number of rotatable bonds is 7. The van der Waals surface area contributed by atoms with Gasteiger partial charge in [0.2, 0.25) is 5.91 Å². The third-order valence-corrected chi connectivity index (χ3v) is 6.49. The van der Waals surface area contributed by atoms with Crippen LogP contribution in [0.2, 0.25) is 0 Å². The van der Waals surface area contributed by atoms with E-state index in [1.807, 2.05) is 6.92 Å². The van der Waals surface area contributed by atoms with E-state index in [0.717, 1.165) is 12.0 Å². The minimum Gasteiger partial charge on any atom is -0.497 e. The highest BCUT2D eigenvalue weighted by Gasteiger charge is 2.48. The van der Waals surface area contributed by atoms with Crippen LogP contribution in [0.4, 0.5) is 0 Å². The maximum absolute atomic E-state index is 12.6. The molecule has 1 unspecified atom stereocenters. The second kappa shape index (κ2) is 8.05. The summed E-state index contributed by atoms with van der Waals surface area (Å²) < 4.78 is 33.9. The number of carbonyl (C=O) groups is 1. The zero-order valence-electron chi connectivity index (χ0n) is 14.9. The van der Waals surface area contributed by atoms with E-state index in [9.17, 15) is 13.2 Å². The number of amides is 1. The van der Waals surface area contributed by atoms with Gasteiger partial charge in [0, 0.05) is 6.26 Å². The highest BCUT2D eigenvalue weighted by atomic mass is 32.2. The molecule has 7 nitrogen and oxygen atoms in total. The van der Waals surface area contributed by atoms with Crippen molar-refractivity contribution in [2.24, 2.45) is 0 Å². The standard InChI is InChI=1S/C17H26N2O5S/c1-13(24-15-6-4-14(23-2)5-7-15)12-19-16(20)17(25(3,21)22)8-10-18-11-9-17/h4-7,13,18H,8-12H2,1-3H3,(H,19,20). The first-order valence-corrected chi connectivity index (χ1v) is 10.2. The number of sulfone groups is 1. The second-order valence-corrected chi connectivity index (χ2v) is 8.66. The van der Waals surface area contributed by atoms with Gasteiger partial charge in [-0.3, -0.25) is 4.79 Å². The van der Waals surface area contributed by atoms with Gasteiger partial charge in [0.25, 0.3) is 0 Å². The second-order valence-electron chi connectivity index (χ2n) is 6.33. The molecule has 8 heteroatoms. The first kappa shape index (κ1) is 19.5. The van der Waals surface area contributed by atoms with E-state index in [1.54, 1.807) is 31.4 Å². The Labute approximate surface area is 149 Å². The van der Waals surface area contributed by atoms with Crippen molar-refractivity contribution in [1.29, 1.82) is 0 Å². The van der Waals surface area contributed by atoms with Crippen LogP contribution in [0.25, 0.3) is 0 Å². The van der Waals surface area contributed by atoms with E-state index < -0.39 is 20.5 Å². The van der Waals surface area contributed by atoms with Crippen LogP contribution < -0.4 is 20.1 Å². The maximum Gasteiger partial charge on any atom is 0.241 e. The quantitative estimate of drug-likeness (QED) is 0.736. The summed E-state index contributed by atoms with van der Waals surface area (Å²) in [6.07, 6.45) is 1.40. The molecule has 0 bridgehead atoms. The lowest BCUT2D eigenvalue weighted by Crippen LogP contribution is -2.58. The van der Waals surface area contributed by atoms with Gasteiger partial charge in [0.05, 0.1) is 13.7 Å². The van der Waals surface area contributed by atoms with Gasteiger partial charge in [-0.25, -0.2) is 8.42 Å². The minimum absolute atomic E-state index is 0.232. The normalized spacial score (nSPS) is 18.2. The molecule has 1 fully saturated rings. The molecule has 0 aromatic heterocycles. The molecule has 0 saturated carbocycles. The Bertz CT molecular complexity index is 681. The van der Waals surface area contributed by atoms with Crippen LogP contribution in [-0.4, -0.2) is 58.2 Å². The van der Waals surface area contributed by atoms with Crippen LogP contribution in [0.3, 0.4) is 0 Å². The zero-order chi connectivity index (χ0) is 18.5. The number of hydrogen-bond donors (Lipinski definition) is 2. The topological polar surface area (TPSA) is 93.7 Å². The largest absolute Gasteiger partial charge is 0.497 e. The molecule has 1 aromatic carbocycles. The summed E-state index contributed by atoms with van der Waals surface area (Å²) in [5.74, 6) is 0.943. The molecule has 0 radical (unpaired) electrons. The highest BCUT2D eigenvalue weighted by molar-refractivity contribution is 7.92. The number of methoxy groups -OCH3 is 1. The molecule has 1 aliphatic heterocycles. The van der Waals surface area contributed by atoms with Gasteiger partial charge in [-0.15, -0.1) is 0 Å². The lowest BCUT2D eigenvalue weighted by Gasteiger charge is -2.34. The van der Waals surface area contributed by atoms with E-state index in [4.69, 9.17) is 9.47 Å². The fraction of sp³-hybridized carbons (Fsp3) is 0.588. The first-order valence-electron chi connectivity index (χ1n) is 8.28.